The molecule has 0 aliphatic carbocycles. The molecule has 9 heteroatoms. The van der Waals surface area contributed by atoms with Crippen LogP contribution in [0.15, 0.2) is 36.7 Å². The van der Waals surface area contributed by atoms with Gasteiger partial charge in [0.1, 0.15) is 30.8 Å². The molecule has 3 heterocycles. The van der Waals surface area contributed by atoms with E-state index in [-0.39, 0.29) is 18.9 Å². The lowest BCUT2D eigenvalue weighted by atomic mass is 10.1. The molecule has 1 aliphatic heterocycles. The van der Waals surface area contributed by atoms with E-state index in [0.717, 1.165) is 5.56 Å². The lowest BCUT2D eigenvalue weighted by molar-refractivity contribution is -0.143. The summed E-state index contributed by atoms with van der Waals surface area (Å²) in [6.07, 6.45) is -2.08. The molecular weight excluding hydrogens is 400 g/mol. The average Bonchev–Trinajstić information content (AvgIpc) is 3.29. The molecule has 9 nitrogen and oxygen atoms in total. The first-order chi connectivity index (χ1) is 14.9. The zero-order valence-corrected chi connectivity index (χ0v) is 17.1. The van der Waals surface area contributed by atoms with E-state index in [1.807, 2.05) is 30.3 Å². The summed E-state index contributed by atoms with van der Waals surface area (Å²) in [4.78, 5) is 24.9. The van der Waals surface area contributed by atoms with Crippen LogP contribution in [0.2, 0.25) is 0 Å². The van der Waals surface area contributed by atoms with Crippen molar-refractivity contribution in [2.75, 3.05) is 0 Å². The minimum Gasteiger partial charge on any atom is -0.460 e. The molecule has 2 N–H and O–H groups in total. The number of aromatic nitrogens is 4. The van der Waals surface area contributed by atoms with Crippen molar-refractivity contribution in [3.63, 3.8) is 0 Å². The van der Waals surface area contributed by atoms with Crippen molar-refractivity contribution < 1.29 is 24.5 Å². The Hall–Kier alpha value is -3.32. The molecule has 0 spiro atoms. The Balaban J connectivity index is 1.48. The number of hydrogen-bond donors (Lipinski definition) is 2. The van der Waals surface area contributed by atoms with Gasteiger partial charge in [0.15, 0.2) is 11.9 Å². The van der Waals surface area contributed by atoms with Crippen molar-refractivity contribution in [2.24, 2.45) is 0 Å². The van der Waals surface area contributed by atoms with Gasteiger partial charge in [0.2, 0.25) is 5.82 Å². The predicted octanol–water partition coefficient (Wildman–Crippen LogP) is 1.26. The summed E-state index contributed by atoms with van der Waals surface area (Å²) in [5.74, 6) is 5.28. The number of hydrogen-bond acceptors (Lipinski definition) is 8. The van der Waals surface area contributed by atoms with E-state index in [9.17, 15) is 15.0 Å². The smallest absolute Gasteiger partial charge is 0.318 e. The van der Waals surface area contributed by atoms with Crippen LogP contribution in [0.1, 0.15) is 36.7 Å². The number of aliphatic hydroxyl groups excluding tert-OH is 2. The van der Waals surface area contributed by atoms with Gasteiger partial charge in [-0.15, -0.1) is 0 Å². The van der Waals surface area contributed by atoms with Gasteiger partial charge < -0.3 is 19.7 Å². The summed E-state index contributed by atoms with van der Waals surface area (Å²) in [5, 5.41) is 20.3. The summed E-state index contributed by atoms with van der Waals surface area (Å²) < 4.78 is 12.4. The van der Waals surface area contributed by atoms with Crippen LogP contribution in [0.4, 0.5) is 0 Å². The monoisotopic (exact) mass is 422 g/mol. The highest BCUT2D eigenvalue weighted by atomic mass is 16.6. The third kappa shape index (κ3) is 4.41. The van der Waals surface area contributed by atoms with Gasteiger partial charge in [-0.25, -0.2) is 15.0 Å². The number of imidazole rings is 1. The number of fused-ring (bicyclic) bond motifs is 1. The molecular formula is C22H22N4O5. The largest absolute Gasteiger partial charge is 0.460 e. The minimum atomic E-state index is -1.11. The number of nitrogens with zero attached hydrogens (tertiary/aromatic N) is 4. The van der Waals surface area contributed by atoms with Crippen LogP contribution >= 0.6 is 0 Å². The fraction of sp³-hybridized carbons (Fsp3) is 0.364. The molecule has 31 heavy (non-hydrogen) atoms. The Morgan fingerprint density at radius 2 is 2.00 bits per heavy atom. The molecule has 3 aromatic rings. The van der Waals surface area contributed by atoms with Gasteiger partial charge in [-0.2, -0.15) is 0 Å². The molecule has 0 radical (unpaired) electrons. The Labute approximate surface area is 178 Å². The molecule has 1 aliphatic rings. The van der Waals surface area contributed by atoms with Gasteiger partial charge >= 0.3 is 5.97 Å². The highest BCUT2D eigenvalue weighted by Crippen LogP contribution is 2.31. The number of ether oxygens (including phenoxy) is 2. The molecule has 0 amide bonds. The van der Waals surface area contributed by atoms with Crippen molar-refractivity contribution in [1.29, 1.82) is 0 Å². The number of aliphatic hydroxyl groups is 2. The Morgan fingerprint density at radius 1 is 1.23 bits per heavy atom. The number of benzene rings is 1. The van der Waals surface area contributed by atoms with Gasteiger partial charge in [0.05, 0.1) is 18.1 Å². The van der Waals surface area contributed by atoms with Crippen LogP contribution < -0.4 is 0 Å². The molecule has 1 saturated heterocycles. The van der Waals surface area contributed by atoms with E-state index in [2.05, 4.69) is 26.8 Å². The second-order valence-electron chi connectivity index (χ2n) is 7.29. The van der Waals surface area contributed by atoms with E-state index in [1.165, 1.54) is 6.33 Å². The standard InChI is InChI=1S/C22H22N4O5/c1-13-18-21(26(12-23-18)22-20(29)19(28)14(2)31-22)25-16(24-13)9-6-10-17(27)30-11-15-7-4-3-5-8-15/h3-5,7-8,12,14,19-20,22,28-29H,10-11H2,1-2H3. The fourth-order valence-electron chi connectivity index (χ4n) is 3.34. The summed E-state index contributed by atoms with van der Waals surface area (Å²) in [6, 6.07) is 9.39. The first-order valence-corrected chi connectivity index (χ1v) is 9.85. The number of carbonyl (C=O) groups is 1. The highest BCUT2D eigenvalue weighted by Gasteiger charge is 2.42. The Kier molecular flexibility index (Phi) is 5.95. The molecule has 0 saturated carbocycles. The zero-order valence-electron chi connectivity index (χ0n) is 17.1. The van der Waals surface area contributed by atoms with E-state index in [4.69, 9.17) is 9.47 Å². The fourth-order valence-corrected chi connectivity index (χ4v) is 3.34. The van der Waals surface area contributed by atoms with Gasteiger partial charge in [0, 0.05) is 0 Å². The van der Waals surface area contributed by atoms with Crippen molar-refractivity contribution in [3.8, 4) is 11.8 Å². The van der Waals surface area contributed by atoms with Gasteiger partial charge in [-0.05, 0) is 25.3 Å². The van der Waals surface area contributed by atoms with Crippen LogP contribution in [0.25, 0.3) is 11.2 Å². The minimum absolute atomic E-state index is 0.0965. The molecule has 4 atom stereocenters. The van der Waals surface area contributed by atoms with E-state index < -0.39 is 30.5 Å². The van der Waals surface area contributed by atoms with Crippen LogP contribution in [-0.4, -0.2) is 54.0 Å². The summed E-state index contributed by atoms with van der Waals surface area (Å²) in [7, 11) is 0. The zero-order chi connectivity index (χ0) is 22.0. The first-order valence-electron chi connectivity index (χ1n) is 9.85. The Bertz CT molecular complexity index is 1150. The van der Waals surface area contributed by atoms with Gasteiger partial charge in [-0.1, -0.05) is 36.3 Å². The predicted molar refractivity (Wildman–Crippen MR) is 109 cm³/mol. The number of aryl methyl sites for hydroxylation is 1. The van der Waals surface area contributed by atoms with Gasteiger partial charge in [0.25, 0.3) is 0 Å². The molecule has 0 bridgehead atoms. The lowest BCUT2D eigenvalue weighted by Crippen LogP contribution is -2.30. The van der Waals surface area contributed by atoms with Crippen molar-refractivity contribution in [3.05, 3.63) is 53.7 Å². The number of rotatable bonds is 4. The van der Waals surface area contributed by atoms with E-state index in [1.54, 1.807) is 18.4 Å². The third-order valence-electron chi connectivity index (χ3n) is 5.02. The molecule has 160 valence electrons. The highest BCUT2D eigenvalue weighted by molar-refractivity contribution is 5.74. The van der Waals surface area contributed by atoms with Crippen molar-refractivity contribution in [2.45, 2.75) is 51.4 Å². The summed E-state index contributed by atoms with van der Waals surface area (Å²) in [5.41, 5.74) is 2.46. The molecule has 4 unspecified atom stereocenters. The SMILES string of the molecule is Cc1nc(C#CCC(=O)OCc2ccccc2)nc2c1ncn2C1OC(C)C(O)C1O. The Morgan fingerprint density at radius 3 is 2.71 bits per heavy atom. The summed E-state index contributed by atoms with van der Waals surface area (Å²) in [6.45, 7) is 3.64. The van der Waals surface area contributed by atoms with E-state index >= 15 is 0 Å². The second-order valence-corrected chi connectivity index (χ2v) is 7.29. The third-order valence-corrected chi connectivity index (χ3v) is 5.02. The lowest BCUT2D eigenvalue weighted by Gasteiger charge is -2.16. The van der Waals surface area contributed by atoms with Crippen LogP contribution in [0.5, 0.6) is 0 Å². The maximum atomic E-state index is 11.9. The molecule has 1 fully saturated rings. The van der Waals surface area contributed by atoms with E-state index in [0.29, 0.717) is 16.9 Å². The normalized spacial score (nSPS) is 22.8. The molecule has 2 aromatic heterocycles. The average molecular weight is 422 g/mol. The first kappa shape index (κ1) is 20.9. The van der Waals surface area contributed by atoms with Gasteiger partial charge in [-0.3, -0.25) is 9.36 Å². The number of carbonyl (C=O) groups excluding carboxylic acids is 1. The quantitative estimate of drug-likeness (QED) is 0.476. The molecule has 1 aromatic carbocycles. The molecule has 4 rings (SSSR count). The van der Waals surface area contributed by atoms with Crippen LogP contribution in [0, 0.1) is 18.8 Å². The maximum Gasteiger partial charge on any atom is 0.318 e. The van der Waals surface area contributed by atoms with Crippen LogP contribution in [0.3, 0.4) is 0 Å². The maximum absolute atomic E-state index is 11.9. The summed E-state index contributed by atoms with van der Waals surface area (Å²) >= 11 is 0. The van der Waals surface area contributed by atoms with Crippen LogP contribution in [-0.2, 0) is 20.9 Å². The van der Waals surface area contributed by atoms with Crippen molar-refractivity contribution in [1.82, 2.24) is 19.5 Å². The second kappa shape index (κ2) is 8.81. The number of esters is 1. The topological polar surface area (TPSA) is 120 Å². The van der Waals surface area contributed by atoms with Crippen molar-refractivity contribution >= 4 is 17.1 Å².